The van der Waals surface area contributed by atoms with Gasteiger partial charge in [0.2, 0.25) is 11.8 Å². The molecule has 5 nitrogen and oxygen atoms in total. The average molecular weight is 267 g/mol. The van der Waals surface area contributed by atoms with E-state index >= 15 is 0 Å². The largest absolute Gasteiger partial charge is 0.342 e. The van der Waals surface area contributed by atoms with Gasteiger partial charge in [-0.15, -0.1) is 0 Å². The number of carbonyl (C=O) groups excluding carboxylic acids is 2. The van der Waals surface area contributed by atoms with Crippen molar-refractivity contribution in [2.45, 2.75) is 38.6 Å². The second kappa shape index (κ2) is 5.90. The van der Waals surface area contributed by atoms with Crippen molar-refractivity contribution in [3.63, 3.8) is 0 Å². The summed E-state index contributed by atoms with van der Waals surface area (Å²) in [6.07, 6.45) is 4.21. The zero-order valence-corrected chi connectivity index (χ0v) is 12.0. The second-order valence-electron chi connectivity index (χ2n) is 6.05. The first-order chi connectivity index (χ1) is 8.99. The molecule has 2 fully saturated rings. The van der Waals surface area contributed by atoms with Crippen LogP contribution in [0.5, 0.6) is 0 Å². The van der Waals surface area contributed by atoms with E-state index in [0.29, 0.717) is 19.0 Å². The van der Waals surface area contributed by atoms with Crippen molar-refractivity contribution in [3.05, 3.63) is 0 Å². The summed E-state index contributed by atoms with van der Waals surface area (Å²) in [7, 11) is 1.79. The number of nitrogens with two attached hydrogens (primary N) is 1. The lowest BCUT2D eigenvalue weighted by molar-refractivity contribution is -0.147. The van der Waals surface area contributed by atoms with Gasteiger partial charge in [-0.2, -0.15) is 0 Å². The third kappa shape index (κ3) is 3.26. The molecule has 0 aromatic carbocycles. The van der Waals surface area contributed by atoms with Crippen molar-refractivity contribution in [2.75, 3.05) is 26.7 Å². The van der Waals surface area contributed by atoms with Crippen LogP contribution in [0, 0.1) is 11.8 Å². The topological polar surface area (TPSA) is 66.6 Å². The molecule has 0 aromatic rings. The summed E-state index contributed by atoms with van der Waals surface area (Å²) < 4.78 is 0. The number of hydrogen-bond donors (Lipinski definition) is 1. The molecule has 1 heterocycles. The molecule has 19 heavy (non-hydrogen) atoms. The Morgan fingerprint density at radius 3 is 2.74 bits per heavy atom. The van der Waals surface area contributed by atoms with Crippen LogP contribution in [0.1, 0.15) is 32.6 Å². The maximum Gasteiger partial charge on any atom is 0.241 e. The van der Waals surface area contributed by atoms with Crippen molar-refractivity contribution < 1.29 is 9.59 Å². The van der Waals surface area contributed by atoms with Gasteiger partial charge < -0.3 is 15.5 Å². The van der Waals surface area contributed by atoms with Gasteiger partial charge in [-0.05, 0) is 25.2 Å². The molecule has 0 aromatic heterocycles. The molecule has 3 atom stereocenters. The van der Waals surface area contributed by atoms with E-state index in [1.807, 2.05) is 6.92 Å². The van der Waals surface area contributed by atoms with Crippen molar-refractivity contribution in [3.8, 4) is 0 Å². The number of likely N-dealkylation sites (N-methyl/N-ethyl adjacent to an activating group) is 1. The highest BCUT2D eigenvalue weighted by molar-refractivity contribution is 5.86. The van der Waals surface area contributed by atoms with Crippen LogP contribution in [-0.2, 0) is 9.59 Å². The van der Waals surface area contributed by atoms with Gasteiger partial charge >= 0.3 is 0 Å². The zero-order valence-electron chi connectivity index (χ0n) is 12.0. The van der Waals surface area contributed by atoms with E-state index in [9.17, 15) is 9.59 Å². The summed E-state index contributed by atoms with van der Waals surface area (Å²) in [5, 5.41) is 0. The fraction of sp³-hybridized carbons (Fsp3) is 0.857. The average Bonchev–Trinajstić information content (AvgIpc) is 2.40. The van der Waals surface area contributed by atoms with Gasteiger partial charge in [-0.1, -0.05) is 13.3 Å². The fourth-order valence-corrected chi connectivity index (χ4v) is 3.16. The van der Waals surface area contributed by atoms with Gasteiger partial charge in [0, 0.05) is 32.1 Å². The van der Waals surface area contributed by atoms with Crippen LogP contribution in [0.4, 0.5) is 0 Å². The molecule has 1 saturated carbocycles. The van der Waals surface area contributed by atoms with E-state index in [4.69, 9.17) is 5.73 Å². The zero-order chi connectivity index (χ0) is 14.0. The van der Waals surface area contributed by atoms with Gasteiger partial charge in [0.25, 0.3) is 0 Å². The Morgan fingerprint density at radius 1 is 1.37 bits per heavy atom. The molecule has 0 radical (unpaired) electrons. The van der Waals surface area contributed by atoms with Crippen molar-refractivity contribution in [1.82, 2.24) is 9.80 Å². The lowest BCUT2D eigenvalue weighted by Crippen LogP contribution is -2.52. The highest BCUT2D eigenvalue weighted by atomic mass is 16.2. The molecule has 1 saturated heterocycles. The second-order valence-corrected chi connectivity index (χ2v) is 6.05. The number of piperazine rings is 1. The minimum absolute atomic E-state index is 0.0115. The van der Waals surface area contributed by atoms with Gasteiger partial charge in [0.05, 0.1) is 6.54 Å². The van der Waals surface area contributed by atoms with Gasteiger partial charge in [-0.25, -0.2) is 0 Å². The molecule has 2 aliphatic rings. The van der Waals surface area contributed by atoms with E-state index in [1.165, 1.54) is 0 Å². The Hall–Kier alpha value is -1.10. The first-order valence-electron chi connectivity index (χ1n) is 7.27. The third-order valence-corrected chi connectivity index (χ3v) is 4.62. The standard InChI is InChI=1S/C14H25N3O2/c1-10(11-4-3-5-12(15)8-11)14(19)17-7-6-16(2)13(18)9-17/h10-12H,3-9,15H2,1-2H3. The summed E-state index contributed by atoms with van der Waals surface area (Å²) in [6.45, 7) is 3.53. The van der Waals surface area contributed by atoms with E-state index in [2.05, 4.69) is 0 Å². The van der Waals surface area contributed by atoms with Crippen LogP contribution in [0.25, 0.3) is 0 Å². The van der Waals surface area contributed by atoms with E-state index in [0.717, 1.165) is 25.7 Å². The van der Waals surface area contributed by atoms with Crippen LogP contribution < -0.4 is 5.73 Å². The first kappa shape index (κ1) is 14.3. The van der Waals surface area contributed by atoms with E-state index in [1.54, 1.807) is 16.8 Å². The monoisotopic (exact) mass is 267 g/mol. The first-order valence-corrected chi connectivity index (χ1v) is 7.27. The number of carbonyl (C=O) groups is 2. The van der Waals surface area contributed by atoms with Gasteiger partial charge in [0.15, 0.2) is 0 Å². The summed E-state index contributed by atoms with van der Waals surface area (Å²) in [6, 6.07) is 0.239. The Balaban J connectivity index is 1.93. The lowest BCUT2D eigenvalue weighted by Gasteiger charge is -2.37. The maximum atomic E-state index is 12.5. The molecule has 5 heteroatoms. The third-order valence-electron chi connectivity index (χ3n) is 4.62. The molecular weight excluding hydrogens is 242 g/mol. The predicted octanol–water partition coefficient (Wildman–Crippen LogP) is 0.441. The van der Waals surface area contributed by atoms with Crippen LogP contribution in [0.3, 0.4) is 0 Å². The lowest BCUT2D eigenvalue weighted by atomic mass is 9.78. The molecule has 2 amide bonds. The molecule has 108 valence electrons. The SMILES string of the molecule is CC(C(=O)N1CCN(C)C(=O)C1)C1CCCC(N)C1. The summed E-state index contributed by atoms with van der Waals surface area (Å²) in [5.74, 6) is 0.529. The molecule has 0 spiro atoms. The quantitative estimate of drug-likeness (QED) is 0.789. The van der Waals surface area contributed by atoms with Gasteiger partial charge in [0.1, 0.15) is 0 Å². The van der Waals surface area contributed by atoms with Crippen LogP contribution in [-0.4, -0.2) is 54.3 Å². The summed E-state index contributed by atoms with van der Waals surface area (Å²) in [4.78, 5) is 27.5. The molecule has 1 aliphatic heterocycles. The Morgan fingerprint density at radius 2 is 2.11 bits per heavy atom. The Kier molecular flexibility index (Phi) is 4.45. The van der Waals surface area contributed by atoms with E-state index in [-0.39, 0.29) is 30.3 Å². The van der Waals surface area contributed by atoms with Crippen LogP contribution in [0.15, 0.2) is 0 Å². The summed E-state index contributed by atoms with van der Waals surface area (Å²) in [5.41, 5.74) is 6.00. The number of amides is 2. The number of rotatable bonds is 2. The predicted molar refractivity (Wildman–Crippen MR) is 73.3 cm³/mol. The Bertz CT molecular complexity index is 359. The molecular formula is C14H25N3O2. The minimum Gasteiger partial charge on any atom is -0.342 e. The molecule has 2 N–H and O–H groups in total. The summed E-state index contributed by atoms with van der Waals surface area (Å²) >= 11 is 0. The molecule has 0 bridgehead atoms. The molecule has 3 unspecified atom stereocenters. The van der Waals surface area contributed by atoms with Crippen molar-refractivity contribution in [1.29, 1.82) is 0 Å². The highest BCUT2D eigenvalue weighted by Gasteiger charge is 2.33. The smallest absolute Gasteiger partial charge is 0.241 e. The van der Waals surface area contributed by atoms with Gasteiger partial charge in [-0.3, -0.25) is 9.59 Å². The number of hydrogen-bond acceptors (Lipinski definition) is 3. The van der Waals surface area contributed by atoms with Crippen molar-refractivity contribution >= 4 is 11.8 Å². The van der Waals surface area contributed by atoms with Crippen LogP contribution >= 0.6 is 0 Å². The van der Waals surface area contributed by atoms with E-state index < -0.39 is 0 Å². The fourth-order valence-electron chi connectivity index (χ4n) is 3.16. The minimum atomic E-state index is -0.0115. The molecule has 1 aliphatic carbocycles. The maximum absolute atomic E-state index is 12.5. The Labute approximate surface area is 115 Å². The highest BCUT2D eigenvalue weighted by Crippen LogP contribution is 2.30. The van der Waals surface area contributed by atoms with Crippen molar-refractivity contribution in [2.24, 2.45) is 17.6 Å². The number of nitrogens with zero attached hydrogens (tertiary/aromatic N) is 2. The normalized spacial score (nSPS) is 30.4. The molecule has 2 rings (SSSR count). The van der Waals surface area contributed by atoms with Crippen LogP contribution in [0.2, 0.25) is 0 Å².